The number of hydrogen-bond acceptors (Lipinski definition) is 1. The number of nitrogens with one attached hydrogen (secondary N) is 1. The summed E-state index contributed by atoms with van der Waals surface area (Å²) in [5, 5.41) is 3.73. The van der Waals surface area contributed by atoms with Gasteiger partial charge in [0.2, 0.25) is 0 Å². The molecule has 96 valence electrons. The first kappa shape index (κ1) is 14.0. The van der Waals surface area contributed by atoms with Crippen LogP contribution < -0.4 is 5.32 Å². The molecule has 0 aromatic carbocycles. The van der Waals surface area contributed by atoms with E-state index in [9.17, 15) is 0 Å². The third kappa shape index (κ3) is 4.45. The second-order valence-electron chi connectivity index (χ2n) is 6.56. The Morgan fingerprint density at radius 1 is 1.25 bits per heavy atom. The van der Waals surface area contributed by atoms with Gasteiger partial charge in [-0.05, 0) is 36.5 Å². The minimum atomic E-state index is 0.483. The SMILES string of the molecule is CCCC(C)CC(C)(CNC1CC1)C(C)C. The molecule has 0 radical (unpaired) electrons. The van der Waals surface area contributed by atoms with Crippen molar-refractivity contribution < 1.29 is 0 Å². The largest absolute Gasteiger partial charge is 0.313 e. The van der Waals surface area contributed by atoms with Crippen molar-refractivity contribution in [1.29, 1.82) is 0 Å². The Kier molecular flexibility index (Phi) is 5.30. The normalized spacial score (nSPS) is 22.1. The summed E-state index contributed by atoms with van der Waals surface area (Å²) >= 11 is 0. The smallest absolute Gasteiger partial charge is 0.00684 e. The fraction of sp³-hybridized carbons (Fsp3) is 1.00. The van der Waals surface area contributed by atoms with Crippen LogP contribution in [0.3, 0.4) is 0 Å². The predicted molar refractivity (Wildman–Crippen MR) is 72.7 cm³/mol. The Labute approximate surface area is 102 Å². The highest BCUT2D eigenvalue weighted by atomic mass is 15.0. The van der Waals surface area contributed by atoms with Crippen LogP contribution in [0.1, 0.15) is 66.7 Å². The van der Waals surface area contributed by atoms with Gasteiger partial charge < -0.3 is 5.32 Å². The molecule has 1 N–H and O–H groups in total. The van der Waals surface area contributed by atoms with Crippen molar-refractivity contribution in [3.8, 4) is 0 Å². The van der Waals surface area contributed by atoms with Gasteiger partial charge in [0.05, 0.1) is 0 Å². The van der Waals surface area contributed by atoms with Gasteiger partial charge in [0.25, 0.3) is 0 Å². The van der Waals surface area contributed by atoms with Crippen molar-refractivity contribution in [3.63, 3.8) is 0 Å². The standard InChI is InChI=1S/C15H31N/c1-6-7-13(4)10-15(5,12(2)3)11-16-14-8-9-14/h12-14,16H,6-11H2,1-5H3. The van der Waals surface area contributed by atoms with E-state index >= 15 is 0 Å². The average Bonchev–Trinajstić information content (AvgIpc) is 2.98. The summed E-state index contributed by atoms with van der Waals surface area (Å²) in [7, 11) is 0. The van der Waals surface area contributed by atoms with Crippen LogP contribution in [-0.2, 0) is 0 Å². The lowest BCUT2D eigenvalue weighted by Gasteiger charge is -2.36. The van der Waals surface area contributed by atoms with Gasteiger partial charge in [0.15, 0.2) is 0 Å². The summed E-state index contributed by atoms with van der Waals surface area (Å²) in [4.78, 5) is 0. The molecule has 1 rings (SSSR count). The molecule has 1 aliphatic rings. The summed E-state index contributed by atoms with van der Waals surface area (Å²) < 4.78 is 0. The molecule has 1 fully saturated rings. The van der Waals surface area contributed by atoms with Gasteiger partial charge in [0.1, 0.15) is 0 Å². The summed E-state index contributed by atoms with van der Waals surface area (Å²) in [6.45, 7) is 13.2. The molecule has 0 bridgehead atoms. The number of rotatable bonds is 8. The van der Waals surface area contributed by atoms with Crippen molar-refractivity contribution in [2.75, 3.05) is 6.54 Å². The van der Waals surface area contributed by atoms with Gasteiger partial charge in [-0.25, -0.2) is 0 Å². The molecule has 0 aromatic heterocycles. The molecule has 16 heavy (non-hydrogen) atoms. The van der Waals surface area contributed by atoms with E-state index in [2.05, 4.69) is 39.9 Å². The average molecular weight is 225 g/mol. The zero-order valence-corrected chi connectivity index (χ0v) is 12.0. The molecule has 0 spiro atoms. The maximum absolute atomic E-state index is 3.73. The molecule has 0 saturated heterocycles. The van der Waals surface area contributed by atoms with Crippen molar-refractivity contribution in [2.45, 2.75) is 72.8 Å². The first-order chi connectivity index (χ1) is 7.48. The molecule has 1 nitrogen and oxygen atoms in total. The van der Waals surface area contributed by atoms with Crippen molar-refractivity contribution in [1.82, 2.24) is 5.32 Å². The fourth-order valence-electron chi connectivity index (χ4n) is 2.57. The zero-order valence-electron chi connectivity index (χ0n) is 12.0. The summed E-state index contributed by atoms with van der Waals surface area (Å²) in [5.74, 6) is 1.65. The van der Waals surface area contributed by atoms with Crippen LogP contribution in [0.25, 0.3) is 0 Å². The van der Waals surface area contributed by atoms with Gasteiger partial charge in [-0.1, -0.05) is 47.5 Å². The molecule has 1 saturated carbocycles. The topological polar surface area (TPSA) is 12.0 Å². The minimum absolute atomic E-state index is 0.483. The van der Waals surface area contributed by atoms with Crippen LogP contribution >= 0.6 is 0 Å². The van der Waals surface area contributed by atoms with E-state index in [1.165, 1.54) is 38.6 Å². The minimum Gasteiger partial charge on any atom is -0.313 e. The lowest BCUT2D eigenvalue weighted by atomic mass is 9.72. The van der Waals surface area contributed by atoms with Crippen LogP contribution in [0, 0.1) is 17.3 Å². The van der Waals surface area contributed by atoms with Crippen molar-refractivity contribution in [3.05, 3.63) is 0 Å². The summed E-state index contributed by atoms with van der Waals surface area (Å²) in [6, 6.07) is 0.847. The second-order valence-corrected chi connectivity index (χ2v) is 6.56. The van der Waals surface area contributed by atoms with Gasteiger partial charge in [0, 0.05) is 12.6 Å². The molecule has 2 unspecified atom stereocenters. The Bertz CT molecular complexity index is 196. The van der Waals surface area contributed by atoms with Crippen LogP contribution in [0.4, 0.5) is 0 Å². The first-order valence-electron chi connectivity index (χ1n) is 7.21. The van der Waals surface area contributed by atoms with E-state index in [1.54, 1.807) is 0 Å². The Morgan fingerprint density at radius 3 is 2.31 bits per heavy atom. The molecule has 0 heterocycles. The molecule has 0 aromatic rings. The molecule has 1 heteroatoms. The third-order valence-corrected chi connectivity index (χ3v) is 4.36. The predicted octanol–water partition coefficient (Wildman–Crippen LogP) is 4.23. The van der Waals surface area contributed by atoms with Crippen LogP contribution in [0.15, 0.2) is 0 Å². The van der Waals surface area contributed by atoms with Gasteiger partial charge in [-0.2, -0.15) is 0 Å². The molecule has 1 aliphatic carbocycles. The zero-order chi connectivity index (χ0) is 12.2. The highest BCUT2D eigenvalue weighted by Crippen LogP contribution is 2.35. The summed E-state index contributed by atoms with van der Waals surface area (Å²) in [5.41, 5.74) is 0.483. The second kappa shape index (κ2) is 6.05. The van der Waals surface area contributed by atoms with Gasteiger partial charge in [-0.3, -0.25) is 0 Å². The van der Waals surface area contributed by atoms with E-state index in [-0.39, 0.29) is 0 Å². The van der Waals surface area contributed by atoms with Gasteiger partial charge in [-0.15, -0.1) is 0 Å². The fourth-order valence-corrected chi connectivity index (χ4v) is 2.57. The summed E-state index contributed by atoms with van der Waals surface area (Å²) in [6.07, 6.45) is 6.88. The maximum Gasteiger partial charge on any atom is 0.00684 e. The Hall–Kier alpha value is -0.0400. The molecular weight excluding hydrogens is 194 g/mol. The van der Waals surface area contributed by atoms with Crippen LogP contribution in [0.5, 0.6) is 0 Å². The molecule has 0 amide bonds. The maximum atomic E-state index is 3.73. The van der Waals surface area contributed by atoms with Crippen LogP contribution in [-0.4, -0.2) is 12.6 Å². The quantitative estimate of drug-likeness (QED) is 0.652. The lowest BCUT2D eigenvalue weighted by molar-refractivity contribution is 0.157. The molecule has 0 aliphatic heterocycles. The van der Waals surface area contributed by atoms with Gasteiger partial charge >= 0.3 is 0 Å². The molecular formula is C15H31N. The van der Waals surface area contributed by atoms with E-state index in [1.807, 2.05) is 0 Å². The van der Waals surface area contributed by atoms with E-state index in [0.29, 0.717) is 5.41 Å². The van der Waals surface area contributed by atoms with E-state index in [4.69, 9.17) is 0 Å². The van der Waals surface area contributed by atoms with E-state index < -0.39 is 0 Å². The first-order valence-corrected chi connectivity index (χ1v) is 7.21. The van der Waals surface area contributed by atoms with Crippen molar-refractivity contribution >= 4 is 0 Å². The van der Waals surface area contributed by atoms with Crippen molar-refractivity contribution in [2.24, 2.45) is 17.3 Å². The lowest BCUT2D eigenvalue weighted by Crippen LogP contribution is -2.38. The third-order valence-electron chi connectivity index (χ3n) is 4.36. The Morgan fingerprint density at radius 2 is 1.88 bits per heavy atom. The molecule has 2 atom stereocenters. The monoisotopic (exact) mass is 225 g/mol. The van der Waals surface area contributed by atoms with Crippen LogP contribution in [0.2, 0.25) is 0 Å². The number of hydrogen-bond donors (Lipinski definition) is 1. The highest BCUT2D eigenvalue weighted by molar-refractivity contribution is 4.87. The highest BCUT2D eigenvalue weighted by Gasteiger charge is 2.32. The Balaban J connectivity index is 2.41. The van der Waals surface area contributed by atoms with E-state index in [0.717, 1.165) is 17.9 Å².